The standard InChI is InChI=1S/C26H20BrN3O5/c1-3-20-29-22-13(2)10-18(26(33)34)28-24(22)30(20)12-14-8-9-19-17(11-14)21(27)23(35-19)15-6-4-5-7-16(15)25(31)32/h4-11H,3,12H2,1-2H3,(H,31,32)(H,33,34). The minimum atomic E-state index is -1.08. The highest BCUT2D eigenvalue weighted by Crippen LogP contribution is 2.39. The molecule has 3 aromatic heterocycles. The van der Waals surface area contributed by atoms with Crippen molar-refractivity contribution >= 4 is 50.0 Å². The van der Waals surface area contributed by atoms with Crippen LogP contribution >= 0.6 is 15.9 Å². The number of imidazole rings is 1. The van der Waals surface area contributed by atoms with Crippen molar-refractivity contribution in [3.8, 4) is 11.3 Å². The van der Waals surface area contributed by atoms with Crippen molar-refractivity contribution in [3.05, 3.63) is 81.2 Å². The zero-order valence-corrected chi connectivity index (χ0v) is 20.5. The smallest absolute Gasteiger partial charge is 0.354 e. The first kappa shape index (κ1) is 22.8. The lowest BCUT2D eigenvalue weighted by atomic mass is 10.0. The van der Waals surface area contributed by atoms with Gasteiger partial charge in [0.05, 0.1) is 16.6 Å². The number of aryl methyl sites for hydroxylation is 2. The van der Waals surface area contributed by atoms with Crippen molar-refractivity contribution in [3.63, 3.8) is 0 Å². The van der Waals surface area contributed by atoms with Gasteiger partial charge in [0.25, 0.3) is 0 Å². The van der Waals surface area contributed by atoms with Gasteiger partial charge in [0.2, 0.25) is 0 Å². The van der Waals surface area contributed by atoms with Gasteiger partial charge in [0.1, 0.15) is 22.7 Å². The maximum absolute atomic E-state index is 11.7. The first-order valence-corrected chi connectivity index (χ1v) is 11.7. The Balaban J connectivity index is 1.62. The summed E-state index contributed by atoms with van der Waals surface area (Å²) in [6.45, 7) is 4.26. The summed E-state index contributed by atoms with van der Waals surface area (Å²) in [5.41, 5.74) is 4.14. The van der Waals surface area contributed by atoms with Gasteiger partial charge < -0.3 is 19.2 Å². The highest BCUT2D eigenvalue weighted by molar-refractivity contribution is 9.10. The van der Waals surface area contributed by atoms with Gasteiger partial charge in [-0.1, -0.05) is 31.2 Å². The number of benzene rings is 2. The summed E-state index contributed by atoms with van der Waals surface area (Å²) >= 11 is 3.60. The maximum atomic E-state index is 11.7. The van der Waals surface area contributed by atoms with E-state index in [2.05, 4.69) is 20.9 Å². The summed E-state index contributed by atoms with van der Waals surface area (Å²) in [6.07, 6.45) is 0.659. The van der Waals surface area contributed by atoms with E-state index < -0.39 is 11.9 Å². The van der Waals surface area contributed by atoms with E-state index in [-0.39, 0.29) is 11.3 Å². The Kier molecular flexibility index (Phi) is 5.64. The molecule has 0 bridgehead atoms. The molecule has 9 heteroatoms. The van der Waals surface area contributed by atoms with E-state index in [0.717, 1.165) is 22.3 Å². The third kappa shape index (κ3) is 3.87. The summed E-state index contributed by atoms with van der Waals surface area (Å²) in [5.74, 6) is -0.864. The fourth-order valence-electron chi connectivity index (χ4n) is 4.27. The molecule has 0 aliphatic rings. The van der Waals surface area contributed by atoms with Crippen LogP contribution in [0.25, 0.3) is 33.5 Å². The Hall–Kier alpha value is -3.98. The minimum Gasteiger partial charge on any atom is -0.478 e. The van der Waals surface area contributed by atoms with Crippen LogP contribution in [0.4, 0.5) is 0 Å². The first-order valence-electron chi connectivity index (χ1n) is 10.9. The average Bonchev–Trinajstić information content (AvgIpc) is 3.36. The number of halogens is 1. The highest BCUT2D eigenvalue weighted by Gasteiger charge is 2.21. The second-order valence-electron chi connectivity index (χ2n) is 8.20. The highest BCUT2D eigenvalue weighted by atomic mass is 79.9. The Labute approximate surface area is 208 Å². The molecule has 0 saturated carbocycles. The van der Waals surface area contributed by atoms with Gasteiger partial charge in [-0.25, -0.2) is 19.6 Å². The number of hydrogen-bond acceptors (Lipinski definition) is 5. The molecule has 0 aliphatic carbocycles. The lowest BCUT2D eigenvalue weighted by Gasteiger charge is -2.09. The molecule has 0 spiro atoms. The monoisotopic (exact) mass is 533 g/mol. The molecule has 5 rings (SSSR count). The van der Waals surface area contributed by atoms with Crippen LogP contribution in [0.2, 0.25) is 0 Å². The summed E-state index contributed by atoms with van der Waals surface area (Å²) in [4.78, 5) is 32.3. The Morgan fingerprint density at radius 3 is 2.54 bits per heavy atom. The number of nitrogens with zero attached hydrogens (tertiary/aromatic N) is 3. The van der Waals surface area contributed by atoms with Crippen molar-refractivity contribution in [2.24, 2.45) is 0 Å². The van der Waals surface area contributed by atoms with E-state index in [9.17, 15) is 19.8 Å². The number of carbonyl (C=O) groups is 2. The first-order chi connectivity index (χ1) is 16.8. The molecule has 0 radical (unpaired) electrons. The van der Waals surface area contributed by atoms with Crippen molar-refractivity contribution in [2.45, 2.75) is 26.8 Å². The van der Waals surface area contributed by atoms with E-state index >= 15 is 0 Å². The van der Waals surface area contributed by atoms with Crippen molar-refractivity contribution < 1.29 is 24.2 Å². The largest absolute Gasteiger partial charge is 0.478 e. The van der Waals surface area contributed by atoms with Crippen LogP contribution in [0.15, 0.2) is 57.4 Å². The normalized spacial score (nSPS) is 11.4. The van der Waals surface area contributed by atoms with E-state index in [1.165, 1.54) is 6.07 Å². The lowest BCUT2D eigenvalue weighted by Crippen LogP contribution is -2.07. The fraction of sp³-hybridized carbons (Fsp3) is 0.154. The van der Waals surface area contributed by atoms with Crippen molar-refractivity contribution in [1.29, 1.82) is 0 Å². The molecule has 0 atom stereocenters. The Bertz CT molecular complexity index is 1650. The van der Waals surface area contributed by atoms with E-state index in [0.29, 0.717) is 45.5 Å². The number of hydrogen-bond donors (Lipinski definition) is 2. The third-order valence-electron chi connectivity index (χ3n) is 5.94. The van der Waals surface area contributed by atoms with Crippen LogP contribution in [0.1, 0.15) is 44.7 Å². The quantitative estimate of drug-likeness (QED) is 0.278. The molecule has 0 fully saturated rings. The summed E-state index contributed by atoms with van der Waals surface area (Å²) < 4.78 is 8.63. The van der Waals surface area contributed by atoms with Crippen LogP contribution in [-0.4, -0.2) is 36.7 Å². The number of pyridine rings is 1. The zero-order valence-electron chi connectivity index (χ0n) is 18.9. The van der Waals surface area contributed by atoms with Crippen LogP contribution in [0.5, 0.6) is 0 Å². The number of carboxylic acids is 2. The Morgan fingerprint density at radius 2 is 1.83 bits per heavy atom. The molecule has 35 heavy (non-hydrogen) atoms. The van der Waals surface area contributed by atoms with Crippen molar-refractivity contribution in [1.82, 2.24) is 14.5 Å². The summed E-state index contributed by atoms with van der Waals surface area (Å²) in [6, 6.07) is 14.0. The number of carboxylic acid groups (broad SMARTS) is 2. The minimum absolute atomic E-state index is 0.0198. The molecule has 3 heterocycles. The van der Waals surface area contributed by atoms with Gasteiger partial charge in [-0.3, -0.25) is 0 Å². The van der Waals surface area contributed by atoms with Crippen LogP contribution in [0, 0.1) is 6.92 Å². The van der Waals surface area contributed by atoms with Crippen LogP contribution < -0.4 is 0 Å². The average molecular weight is 534 g/mol. The van der Waals surface area contributed by atoms with Gasteiger partial charge >= 0.3 is 11.9 Å². The summed E-state index contributed by atoms with van der Waals surface area (Å²) in [5, 5.41) is 19.9. The predicted octanol–water partition coefficient (Wildman–Crippen LogP) is 5.92. The van der Waals surface area contributed by atoms with Crippen LogP contribution in [0.3, 0.4) is 0 Å². The van der Waals surface area contributed by atoms with Gasteiger partial charge in [-0.05, 0) is 58.2 Å². The molecule has 2 N–H and O–H groups in total. The number of aromatic nitrogens is 3. The van der Waals surface area contributed by atoms with Gasteiger partial charge in [0.15, 0.2) is 11.3 Å². The molecule has 0 saturated heterocycles. The van der Waals surface area contributed by atoms with Crippen molar-refractivity contribution in [2.75, 3.05) is 0 Å². The lowest BCUT2D eigenvalue weighted by molar-refractivity contribution is 0.0683. The zero-order chi connectivity index (χ0) is 24.9. The molecule has 0 unspecified atom stereocenters. The molecule has 176 valence electrons. The fourth-order valence-corrected chi connectivity index (χ4v) is 4.87. The van der Waals surface area contributed by atoms with E-state index in [1.54, 1.807) is 24.3 Å². The molecular weight excluding hydrogens is 514 g/mol. The predicted molar refractivity (Wildman–Crippen MR) is 134 cm³/mol. The molecule has 5 aromatic rings. The van der Waals surface area contributed by atoms with Gasteiger partial charge in [-0.15, -0.1) is 0 Å². The molecule has 0 aliphatic heterocycles. The third-order valence-corrected chi connectivity index (χ3v) is 6.73. The molecular formula is C26H20BrN3O5. The molecule has 0 amide bonds. The Morgan fingerprint density at radius 1 is 1.06 bits per heavy atom. The van der Waals surface area contributed by atoms with Gasteiger partial charge in [0, 0.05) is 17.4 Å². The number of furan rings is 1. The number of aromatic carboxylic acids is 2. The van der Waals surface area contributed by atoms with E-state index in [1.807, 2.05) is 36.6 Å². The number of rotatable bonds is 6. The second kappa shape index (κ2) is 8.66. The van der Waals surface area contributed by atoms with Crippen LogP contribution in [-0.2, 0) is 13.0 Å². The maximum Gasteiger partial charge on any atom is 0.354 e. The summed E-state index contributed by atoms with van der Waals surface area (Å²) in [7, 11) is 0. The molecule has 2 aromatic carbocycles. The second-order valence-corrected chi connectivity index (χ2v) is 8.99. The SMILES string of the molecule is CCc1nc2c(C)cc(C(=O)O)nc2n1Cc1ccc2oc(-c3ccccc3C(=O)O)c(Br)c2c1. The topological polar surface area (TPSA) is 118 Å². The van der Waals surface area contributed by atoms with Gasteiger partial charge in [-0.2, -0.15) is 0 Å². The van der Waals surface area contributed by atoms with E-state index in [4.69, 9.17) is 9.40 Å². The molecule has 8 nitrogen and oxygen atoms in total. The number of fused-ring (bicyclic) bond motifs is 2.